The lowest BCUT2D eigenvalue weighted by molar-refractivity contribution is 0.419. The van der Waals surface area contributed by atoms with Crippen LogP contribution in [-0.2, 0) is 0 Å². The van der Waals surface area contributed by atoms with Gasteiger partial charge in [0.05, 0.1) is 29.1 Å². The molecule has 0 aliphatic heterocycles. The topological polar surface area (TPSA) is 64.3 Å². The SMILES string of the molecule is C=CCNc1ccc2ncc(-c3cc4cncc(OC)c4s3)n2n1. The Morgan fingerprint density at radius 1 is 1.33 bits per heavy atom. The van der Waals surface area contributed by atoms with Crippen LogP contribution in [0.1, 0.15) is 0 Å². The molecule has 4 aromatic heterocycles. The van der Waals surface area contributed by atoms with E-state index in [0.29, 0.717) is 6.54 Å². The van der Waals surface area contributed by atoms with Crippen molar-refractivity contribution in [3.8, 4) is 16.3 Å². The first-order valence-electron chi connectivity index (χ1n) is 7.41. The number of fused-ring (bicyclic) bond motifs is 2. The molecule has 0 fully saturated rings. The number of pyridine rings is 1. The third kappa shape index (κ3) is 2.39. The molecule has 1 N–H and O–H groups in total. The molecule has 0 bridgehead atoms. The van der Waals surface area contributed by atoms with E-state index in [0.717, 1.165) is 37.9 Å². The highest BCUT2D eigenvalue weighted by atomic mass is 32.1. The molecule has 0 radical (unpaired) electrons. The summed E-state index contributed by atoms with van der Waals surface area (Å²) in [5.74, 6) is 1.56. The molecule has 24 heavy (non-hydrogen) atoms. The average Bonchev–Trinajstić information content (AvgIpc) is 3.22. The van der Waals surface area contributed by atoms with E-state index in [4.69, 9.17) is 4.74 Å². The normalized spacial score (nSPS) is 11.0. The van der Waals surface area contributed by atoms with Gasteiger partial charge in [0.25, 0.3) is 0 Å². The quantitative estimate of drug-likeness (QED) is 0.564. The molecule has 0 spiro atoms. The Bertz CT molecular complexity index is 1040. The lowest BCUT2D eigenvalue weighted by Crippen LogP contribution is -2.03. The van der Waals surface area contributed by atoms with Crippen LogP contribution >= 0.6 is 11.3 Å². The van der Waals surface area contributed by atoms with Crippen molar-refractivity contribution in [2.45, 2.75) is 0 Å². The highest BCUT2D eigenvalue weighted by Gasteiger charge is 2.13. The number of imidazole rings is 1. The zero-order valence-electron chi connectivity index (χ0n) is 13.1. The minimum absolute atomic E-state index is 0.661. The smallest absolute Gasteiger partial charge is 0.154 e. The van der Waals surface area contributed by atoms with Crippen LogP contribution in [0, 0.1) is 0 Å². The number of nitrogens with zero attached hydrogens (tertiary/aromatic N) is 4. The predicted molar refractivity (Wildman–Crippen MR) is 96.8 cm³/mol. The fourth-order valence-corrected chi connectivity index (χ4v) is 3.64. The zero-order chi connectivity index (χ0) is 16.5. The van der Waals surface area contributed by atoms with Crippen LogP contribution in [0.4, 0.5) is 5.82 Å². The molecule has 0 aromatic carbocycles. The summed E-state index contributed by atoms with van der Waals surface area (Å²) in [6, 6.07) is 5.94. The zero-order valence-corrected chi connectivity index (χ0v) is 13.9. The van der Waals surface area contributed by atoms with E-state index in [9.17, 15) is 0 Å². The van der Waals surface area contributed by atoms with Crippen molar-refractivity contribution in [3.05, 3.63) is 49.4 Å². The van der Waals surface area contributed by atoms with E-state index in [1.165, 1.54) is 0 Å². The summed E-state index contributed by atoms with van der Waals surface area (Å²) in [7, 11) is 1.66. The van der Waals surface area contributed by atoms with Gasteiger partial charge in [-0.2, -0.15) is 0 Å². The van der Waals surface area contributed by atoms with E-state index in [-0.39, 0.29) is 0 Å². The van der Waals surface area contributed by atoms with E-state index >= 15 is 0 Å². The van der Waals surface area contributed by atoms with Crippen LogP contribution in [0.3, 0.4) is 0 Å². The predicted octanol–water partition coefficient (Wildman–Crippen LogP) is 3.61. The summed E-state index contributed by atoms with van der Waals surface area (Å²) in [4.78, 5) is 9.72. The summed E-state index contributed by atoms with van der Waals surface area (Å²) in [6.45, 7) is 4.37. The van der Waals surface area contributed by atoms with Gasteiger partial charge < -0.3 is 10.1 Å². The second-order valence-electron chi connectivity index (χ2n) is 5.17. The van der Waals surface area contributed by atoms with Gasteiger partial charge >= 0.3 is 0 Å². The summed E-state index contributed by atoms with van der Waals surface area (Å²) in [6.07, 6.45) is 7.20. The molecular weight excluding hydrogens is 322 g/mol. The van der Waals surface area contributed by atoms with Crippen LogP contribution in [-0.4, -0.2) is 33.2 Å². The Hall–Kier alpha value is -2.93. The second kappa shape index (κ2) is 5.93. The Kier molecular flexibility index (Phi) is 3.62. The van der Waals surface area contributed by atoms with Crippen molar-refractivity contribution in [1.29, 1.82) is 0 Å². The van der Waals surface area contributed by atoms with Gasteiger partial charge in [-0.05, 0) is 18.2 Å². The van der Waals surface area contributed by atoms with E-state index < -0.39 is 0 Å². The van der Waals surface area contributed by atoms with E-state index in [1.807, 2.05) is 29.0 Å². The van der Waals surface area contributed by atoms with Gasteiger partial charge in [-0.25, -0.2) is 9.50 Å². The number of thiophene rings is 1. The standard InChI is InChI=1S/C17H15N5OS/c1-3-6-19-15-4-5-16-20-9-12(22(16)21-15)14-7-11-8-18-10-13(23-2)17(11)24-14/h3-5,7-10H,1,6H2,2H3,(H,19,21). The molecule has 0 aliphatic rings. The number of methoxy groups -OCH3 is 1. The average molecular weight is 337 g/mol. The van der Waals surface area contributed by atoms with Crippen molar-refractivity contribution < 1.29 is 4.74 Å². The summed E-state index contributed by atoms with van der Waals surface area (Å²) in [5, 5.41) is 8.86. The molecule has 120 valence electrons. The monoisotopic (exact) mass is 337 g/mol. The molecule has 7 heteroatoms. The van der Waals surface area contributed by atoms with Crippen molar-refractivity contribution in [1.82, 2.24) is 19.6 Å². The Balaban J connectivity index is 1.85. The van der Waals surface area contributed by atoms with Crippen LogP contribution < -0.4 is 10.1 Å². The number of ether oxygens (including phenoxy) is 1. The molecular formula is C17H15N5OS. The molecule has 0 amide bonds. The van der Waals surface area contributed by atoms with Crippen molar-refractivity contribution >= 4 is 32.9 Å². The fraction of sp³-hybridized carbons (Fsp3) is 0.118. The largest absolute Gasteiger partial charge is 0.494 e. The van der Waals surface area contributed by atoms with Crippen LogP contribution in [0.5, 0.6) is 5.75 Å². The fourth-order valence-electron chi connectivity index (χ4n) is 2.52. The first-order chi connectivity index (χ1) is 11.8. The summed E-state index contributed by atoms with van der Waals surface area (Å²) in [5.41, 5.74) is 1.74. The minimum atomic E-state index is 0.661. The highest BCUT2D eigenvalue weighted by Crippen LogP contribution is 2.37. The number of hydrogen-bond acceptors (Lipinski definition) is 6. The van der Waals surface area contributed by atoms with Crippen molar-refractivity contribution in [3.63, 3.8) is 0 Å². The van der Waals surface area contributed by atoms with Crippen LogP contribution in [0.2, 0.25) is 0 Å². The number of nitrogens with one attached hydrogen (secondary N) is 1. The third-order valence-corrected chi connectivity index (χ3v) is 4.84. The molecule has 0 saturated carbocycles. The van der Waals surface area contributed by atoms with Gasteiger partial charge in [0.15, 0.2) is 11.4 Å². The van der Waals surface area contributed by atoms with Gasteiger partial charge in [0.1, 0.15) is 11.5 Å². The molecule has 4 rings (SSSR count). The number of hydrogen-bond donors (Lipinski definition) is 1. The summed E-state index contributed by atoms with van der Waals surface area (Å²) >= 11 is 1.64. The van der Waals surface area contributed by atoms with E-state index in [2.05, 4.69) is 33.0 Å². The maximum atomic E-state index is 5.40. The number of rotatable bonds is 5. The minimum Gasteiger partial charge on any atom is -0.494 e. The summed E-state index contributed by atoms with van der Waals surface area (Å²) < 4.78 is 8.31. The molecule has 4 aromatic rings. The van der Waals surface area contributed by atoms with E-state index in [1.54, 1.807) is 30.7 Å². The lowest BCUT2D eigenvalue weighted by atomic mass is 10.3. The Morgan fingerprint density at radius 3 is 3.08 bits per heavy atom. The van der Waals surface area contributed by atoms with Gasteiger partial charge in [-0.3, -0.25) is 4.98 Å². The maximum absolute atomic E-state index is 5.40. The molecule has 0 aliphatic carbocycles. The van der Waals surface area contributed by atoms with Crippen LogP contribution in [0.25, 0.3) is 26.3 Å². The highest BCUT2D eigenvalue weighted by molar-refractivity contribution is 7.22. The molecule has 4 heterocycles. The van der Waals surface area contributed by atoms with Crippen molar-refractivity contribution in [2.75, 3.05) is 19.0 Å². The molecule has 0 saturated heterocycles. The lowest BCUT2D eigenvalue weighted by Gasteiger charge is -2.04. The first kappa shape index (κ1) is 14.6. The van der Waals surface area contributed by atoms with Crippen LogP contribution in [0.15, 0.2) is 49.4 Å². The Labute approximate surface area is 142 Å². The second-order valence-corrected chi connectivity index (χ2v) is 6.22. The molecule has 0 atom stereocenters. The maximum Gasteiger partial charge on any atom is 0.154 e. The van der Waals surface area contributed by atoms with Gasteiger partial charge in [0, 0.05) is 18.1 Å². The number of aromatic nitrogens is 4. The first-order valence-corrected chi connectivity index (χ1v) is 8.23. The number of anilines is 1. The Morgan fingerprint density at radius 2 is 2.25 bits per heavy atom. The molecule has 6 nitrogen and oxygen atoms in total. The molecule has 0 unspecified atom stereocenters. The van der Waals surface area contributed by atoms with Gasteiger partial charge in [-0.1, -0.05) is 6.08 Å². The van der Waals surface area contributed by atoms with Gasteiger partial charge in [0.2, 0.25) is 0 Å². The van der Waals surface area contributed by atoms with Crippen molar-refractivity contribution in [2.24, 2.45) is 0 Å². The van der Waals surface area contributed by atoms with Gasteiger partial charge in [-0.15, -0.1) is 23.0 Å². The third-order valence-electron chi connectivity index (χ3n) is 3.65.